The summed E-state index contributed by atoms with van der Waals surface area (Å²) in [6, 6.07) is 16.5. The molecule has 9 heteroatoms. The summed E-state index contributed by atoms with van der Waals surface area (Å²) in [7, 11) is 1.22. The van der Waals surface area contributed by atoms with Crippen LogP contribution in [0.5, 0.6) is 0 Å². The Morgan fingerprint density at radius 2 is 1.44 bits per heavy atom. The highest BCUT2D eigenvalue weighted by molar-refractivity contribution is 5.91. The molecule has 0 aromatic heterocycles. The molecule has 0 atom stereocenters. The molecule has 0 bridgehead atoms. The van der Waals surface area contributed by atoms with Crippen molar-refractivity contribution in [1.29, 1.82) is 0 Å². The minimum Gasteiger partial charge on any atom is -0.465 e. The van der Waals surface area contributed by atoms with Crippen LogP contribution in [0.15, 0.2) is 66.7 Å². The summed E-state index contributed by atoms with van der Waals surface area (Å²) >= 11 is 0. The van der Waals surface area contributed by atoms with E-state index < -0.39 is 10.9 Å². The first-order chi connectivity index (χ1) is 16.4. The van der Waals surface area contributed by atoms with Gasteiger partial charge in [-0.2, -0.15) is 0 Å². The summed E-state index contributed by atoms with van der Waals surface area (Å²) in [6.45, 7) is 2.12. The maximum Gasteiger partial charge on any atom is 0.338 e. The molecule has 0 spiro atoms. The Kier molecular flexibility index (Phi) is 6.83. The van der Waals surface area contributed by atoms with E-state index in [9.17, 15) is 23.7 Å². The average molecular weight is 467 g/mol. The second kappa shape index (κ2) is 9.96. The Hall–Kier alpha value is -3.85. The van der Waals surface area contributed by atoms with E-state index in [1.54, 1.807) is 30.3 Å². The second-order valence-corrected chi connectivity index (χ2v) is 7.98. The lowest BCUT2D eigenvalue weighted by Crippen LogP contribution is -2.48. The van der Waals surface area contributed by atoms with E-state index in [2.05, 4.69) is 9.64 Å². The zero-order chi connectivity index (χ0) is 24.2. The van der Waals surface area contributed by atoms with Gasteiger partial charge in [0.05, 0.1) is 23.6 Å². The Morgan fingerprint density at radius 1 is 0.912 bits per heavy atom. The monoisotopic (exact) mass is 467 g/mol. The van der Waals surface area contributed by atoms with Crippen molar-refractivity contribution >= 4 is 17.3 Å². The van der Waals surface area contributed by atoms with E-state index in [1.165, 1.54) is 43.5 Å². The molecular formula is C25H23F2N3O4. The molecule has 7 nitrogen and oxygen atoms in total. The van der Waals surface area contributed by atoms with Gasteiger partial charge in [0.25, 0.3) is 5.69 Å². The van der Waals surface area contributed by atoms with Crippen LogP contribution in [0.3, 0.4) is 0 Å². The van der Waals surface area contributed by atoms with Crippen LogP contribution >= 0.6 is 0 Å². The highest BCUT2D eigenvalue weighted by Gasteiger charge is 2.29. The van der Waals surface area contributed by atoms with Gasteiger partial charge in [-0.3, -0.25) is 15.0 Å². The molecular weight excluding hydrogens is 444 g/mol. The number of nitrogens with zero attached hydrogens (tertiary/aromatic N) is 3. The van der Waals surface area contributed by atoms with E-state index in [4.69, 9.17) is 0 Å². The number of anilines is 1. The lowest BCUT2D eigenvalue weighted by Gasteiger charge is -2.40. The van der Waals surface area contributed by atoms with Crippen LogP contribution in [0.4, 0.5) is 20.2 Å². The highest BCUT2D eigenvalue weighted by atomic mass is 19.1. The summed E-state index contributed by atoms with van der Waals surface area (Å²) in [6.07, 6.45) is 0. The molecule has 1 heterocycles. The number of hydrogen-bond acceptors (Lipinski definition) is 6. The topological polar surface area (TPSA) is 75.9 Å². The van der Waals surface area contributed by atoms with E-state index >= 15 is 0 Å². The summed E-state index contributed by atoms with van der Waals surface area (Å²) < 4.78 is 31.7. The highest BCUT2D eigenvalue weighted by Crippen LogP contribution is 2.34. The normalized spacial score (nSPS) is 14.3. The van der Waals surface area contributed by atoms with Crippen LogP contribution in [-0.4, -0.2) is 49.1 Å². The first-order valence-electron chi connectivity index (χ1n) is 10.7. The van der Waals surface area contributed by atoms with Gasteiger partial charge in [0.15, 0.2) is 0 Å². The number of esters is 1. The smallest absolute Gasteiger partial charge is 0.338 e. The number of hydrogen-bond donors (Lipinski definition) is 0. The number of carbonyl (C=O) groups excluding carboxylic acids is 1. The van der Waals surface area contributed by atoms with Gasteiger partial charge in [-0.25, -0.2) is 13.6 Å². The zero-order valence-electron chi connectivity index (χ0n) is 18.5. The van der Waals surface area contributed by atoms with Gasteiger partial charge in [-0.1, -0.05) is 24.3 Å². The fraction of sp³-hybridized carbons (Fsp3) is 0.240. The molecule has 0 aliphatic carbocycles. The zero-order valence-corrected chi connectivity index (χ0v) is 18.5. The van der Waals surface area contributed by atoms with Gasteiger partial charge in [0, 0.05) is 32.2 Å². The SMILES string of the molecule is COC(=O)c1ccc(N2CCN(C(c3ccc(F)cc3)c3ccc(F)cc3)CC2)c([N+](=O)[O-])c1. The number of nitro benzene ring substituents is 1. The molecule has 4 rings (SSSR count). The molecule has 1 saturated heterocycles. The summed E-state index contributed by atoms with van der Waals surface area (Å²) in [5.74, 6) is -1.32. The van der Waals surface area contributed by atoms with Crippen molar-refractivity contribution in [3.8, 4) is 0 Å². The van der Waals surface area contributed by atoms with Crippen LogP contribution in [-0.2, 0) is 4.74 Å². The Bertz CT molecular complexity index is 1130. The third-order valence-electron chi connectivity index (χ3n) is 5.98. The van der Waals surface area contributed by atoms with Crippen LogP contribution in [0.25, 0.3) is 0 Å². The number of ether oxygens (including phenoxy) is 1. The minimum absolute atomic E-state index is 0.115. The predicted octanol–water partition coefficient (Wildman–Crippen LogP) is 4.57. The summed E-state index contributed by atoms with van der Waals surface area (Å²) in [5, 5.41) is 11.7. The largest absolute Gasteiger partial charge is 0.465 e. The first-order valence-corrected chi connectivity index (χ1v) is 10.7. The van der Waals surface area contributed by atoms with Crippen molar-refractivity contribution in [2.45, 2.75) is 6.04 Å². The predicted molar refractivity (Wildman–Crippen MR) is 123 cm³/mol. The molecule has 0 unspecified atom stereocenters. The van der Waals surface area contributed by atoms with Crippen molar-refractivity contribution in [1.82, 2.24) is 4.90 Å². The quantitative estimate of drug-likeness (QED) is 0.300. The maximum atomic E-state index is 13.5. The molecule has 3 aromatic carbocycles. The van der Waals surface area contributed by atoms with Crippen molar-refractivity contribution in [3.05, 3.63) is 105 Å². The van der Waals surface area contributed by atoms with E-state index in [1.807, 2.05) is 4.90 Å². The summed E-state index contributed by atoms with van der Waals surface area (Å²) in [5.41, 5.74) is 2.12. The van der Waals surface area contributed by atoms with Crippen LogP contribution in [0.2, 0.25) is 0 Å². The standard InChI is InChI=1S/C25H23F2N3O4/c1-34-25(31)19-6-11-22(23(16-19)30(32)33)28-12-14-29(15-13-28)24(17-2-7-20(26)8-3-17)18-4-9-21(27)10-5-18/h2-11,16,24H,12-15H2,1H3. The van der Waals surface area contributed by atoms with Crippen LogP contribution in [0, 0.1) is 21.7 Å². The molecule has 0 saturated carbocycles. The Morgan fingerprint density at radius 3 is 1.91 bits per heavy atom. The van der Waals surface area contributed by atoms with Gasteiger partial charge in [0.2, 0.25) is 0 Å². The Labute approximate surface area is 195 Å². The average Bonchev–Trinajstić information content (AvgIpc) is 2.86. The summed E-state index contributed by atoms with van der Waals surface area (Å²) in [4.78, 5) is 27.1. The van der Waals surface area contributed by atoms with Gasteiger partial charge in [-0.15, -0.1) is 0 Å². The Balaban J connectivity index is 1.58. The van der Waals surface area contributed by atoms with E-state index in [0.717, 1.165) is 11.1 Å². The van der Waals surface area contributed by atoms with E-state index in [-0.39, 0.29) is 28.9 Å². The molecule has 3 aromatic rings. The number of halogens is 2. The fourth-order valence-corrected chi connectivity index (χ4v) is 4.31. The lowest BCUT2D eigenvalue weighted by atomic mass is 9.96. The molecule has 1 aliphatic heterocycles. The number of nitro groups is 1. The van der Waals surface area contributed by atoms with Crippen molar-refractivity contribution in [3.63, 3.8) is 0 Å². The van der Waals surface area contributed by atoms with E-state index in [0.29, 0.717) is 31.9 Å². The number of methoxy groups -OCH3 is 1. The van der Waals surface area contributed by atoms with Crippen LogP contribution in [0.1, 0.15) is 27.5 Å². The molecule has 1 aliphatic rings. The molecule has 34 heavy (non-hydrogen) atoms. The van der Waals surface area contributed by atoms with Crippen molar-refractivity contribution in [2.75, 3.05) is 38.2 Å². The number of benzene rings is 3. The lowest BCUT2D eigenvalue weighted by molar-refractivity contribution is -0.384. The first kappa shape index (κ1) is 23.3. The number of carbonyl (C=O) groups is 1. The second-order valence-electron chi connectivity index (χ2n) is 7.98. The number of piperazine rings is 1. The fourth-order valence-electron chi connectivity index (χ4n) is 4.31. The van der Waals surface area contributed by atoms with Gasteiger partial charge in [-0.05, 0) is 47.5 Å². The van der Waals surface area contributed by atoms with Crippen molar-refractivity contribution in [2.24, 2.45) is 0 Å². The van der Waals surface area contributed by atoms with Gasteiger partial charge >= 0.3 is 5.97 Å². The minimum atomic E-state index is -0.638. The van der Waals surface area contributed by atoms with Gasteiger partial charge < -0.3 is 9.64 Å². The van der Waals surface area contributed by atoms with Crippen LogP contribution < -0.4 is 4.90 Å². The maximum absolute atomic E-state index is 13.5. The molecule has 0 N–H and O–H groups in total. The molecule has 0 radical (unpaired) electrons. The number of rotatable bonds is 6. The third kappa shape index (κ3) is 4.89. The molecule has 1 fully saturated rings. The third-order valence-corrected chi connectivity index (χ3v) is 5.98. The van der Waals surface area contributed by atoms with Gasteiger partial charge in [0.1, 0.15) is 17.3 Å². The van der Waals surface area contributed by atoms with Crippen molar-refractivity contribution < 1.29 is 23.2 Å². The molecule has 0 amide bonds. The molecule has 176 valence electrons.